The second kappa shape index (κ2) is 14.4. The van der Waals surface area contributed by atoms with E-state index < -0.39 is 12.2 Å². The number of carbonyl (C=O) groups is 3. The monoisotopic (exact) mass is 615 g/mol. The molecule has 2 fully saturated rings. The van der Waals surface area contributed by atoms with Crippen LogP contribution in [0.25, 0.3) is 0 Å². The molecule has 1 N–H and O–H groups in total. The minimum atomic E-state index is -0.719. The van der Waals surface area contributed by atoms with Crippen LogP contribution in [0.2, 0.25) is 0 Å². The van der Waals surface area contributed by atoms with E-state index in [9.17, 15) is 14.4 Å². The van der Waals surface area contributed by atoms with Crippen molar-refractivity contribution in [3.8, 4) is 0 Å². The first-order valence-electron chi connectivity index (χ1n) is 16.1. The van der Waals surface area contributed by atoms with Crippen LogP contribution in [-0.4, -0.2) is 76.0 Å². The van der Waals surface area contributed by atoms with Crippen LogP contribution >= 0.6 is 0 Å². The van der Waals surface area contributed by atoms with Crippen molar-refractivity contribution in [2.45, 2.75) is 44.4 Å². The molecule has 0 aromatic heterocycles. The number of hydrogen-bond acceptors (Lipinski definition) is 4. The minimum absolute atomic E-state index is 0.0361. The molecule has 0 unspecified atom stereocenters. The van der Waals surface area contributed by atoms with Gasteiger partial charge in [-0.3, -0.25) is 9.59 Å². The average Bonchev–Trinajstić information content (AvgIpc) is 3.10. The van der Waals surface area contributed by atoms with Gasteiger partial charge in [-0.2, -0.15) is 0 Å². The van der Waals surface area contributed by atoms with Gasteiger partial charge in [0.05, 0.1) is 13.1 Å². The van der Waals surface area contributed by atoms with Crippen LogP contribution < -0.4 is 5.32 Å². The molecule has 4 aromatic rings. The van der Waals surface area contributed by atoms with Crippen molar-refractivity contribution in [2.24, 2.45) is 0 Å². The molecule has 4 aromatic carbocycles. The fourth-order valence-corrected chi connectivity index (χ4v) is 6.74. The predicted octanol–water partition coefficient (Wildman–Crippen LogP) is 5.28. The first kappa shape index (κ1) is 31.0. The van der Waals surface area contributed by atoms with E-state index in [0.717, 1.165) is 11.1 Å². The number of piperazine rings is 1. The molecular formula is C38H41N5O3. The Hall–Kier alpha value is -4.95. The predicted molar refractivity (Wildman–Crippen MR) is 178 cm³/mol. The Balaban J connectivity index is 1.31. The van der Waals surface area contributed by atoms with E-state index in [0.29, 0.717) is 32.5 Å². The zero-order valence-corrected chi connectivity index (χ0v) is 26.2. The molecule has 236 valence electrons. The molecule has 0 spiro atoms. The van der Waals surface area contributed by atoms with Crippen LogP contribution in [0, 0.1) is 0 Å². The van der Waals surface area contributed by atoms with E-state index in [1.165, 1.54) is 11.1 Å². The fraction of sp³-hybridized carbons (Fsp3) is 0.289. The lowest BCUT2D eigenvalue weighted by molar-refractivity contribution is -0.189. The highest BCUT2D eigenvalue weighted by atomic mass is 16.2. The number of urea groups is 1. The number of fused-ring (bicyclic) bond motifs is 1. The number of benzene rings is 4. The van der Waals surface area contributed by atoms with Gasteiger partial charge in [0.25, 0.3) is 0 Å². The molecule has 2 heterocycles. The van der Waals surface area contributed by atoms with Crippen molar-refractivity contribution >= 4 is 17.8 Å². The molecule has 0 radical (unpaired) electrons. The normalized spacial score (nSPS) is 18.5. The van der Waals surface area contributed by atoms with Gasteiger partial charge in [-0.1, -0.05) is 128 Å². The molecule has 0 bridgehead atoms. The lowest BCUT2D eigenvalue weighted by Crippen LogP contribution is -2.76. The van der Waals surface area contributed by atoms with Crippen LogP contribution in [-0.2, 0) is 22.6 Å². The van der Waals surface area contributed by atoms with Crippen molar-refractivity contribution in [1.29, 1.82) is 0 Å². The van der Waals surface area contributed by atoms with Gasteiger partial charge in [-0.25, -0.2) is 14.8 Å². The molecule has 8 heteroatoms. The Morgan fingerprint density at radius 1 is 0.783 bits per heavy atom. The zero-order valence-electron chi connectivity index (χ0n) is 26.2. The summed E-state index contributed by atoms with van der Waals surface area (Å²) in [4.78, 5) is 45.6. The van der Waals surface area contributed by atoms with Crippen molar-refractivity contribution in [1.82, 2.24) is 25.1 Å². The van der Waals surface area contributed by atoms with E-state index in [1.54, 1.807) is 14.9 Å². The highest BCUT2D eigenvalue weighted by Crippen LogP contribution is 2.32. The number of nitrogens with one attached hydrogen (secondary N) is 1. The maximum atomic E-state index is 14.4. The average molecular weight is 616 g/mol. The maximum absolute atomic E-state index is 14.4. The molecule has 2 saturated heterocycles. The number of carbonyl (C=O) groups excluding carboxylic acids is 3. The van der Waals surface area contributed by atoms with Crippen LogP contribution in [0.5, 0.6) is 0 Å². The van der Waals surface area contributed by atoms with E-state index in [2.05, 4.69) is 29.6 Å². The van der Waals surface area contributed by atoms with Gasteiger partial charge in [-0.15, -0.1) is 0 Å². The van der Waals surface area contributed by atoms with Crippen molar-refractivity contribution in [2.75, 3.05) is 26.2 Å². The van der Waals surface area contributed by atoms with Gasteiger partial charge >= 0.3 is 6.03 Å². The van der Waals surface area contributed by atoms with Crippen LogP contribution in [0.1, 0.15) is 41.5 Å². The Labute approximate surface area is 271 Å². The topological polar surface area (TPSA) is 76.2 Å². The molecule has 6 rings (SSSR count). The molecule has 46 heavy (non-hydrogen) atoms. The molecule has 2 aliphatic rings. The molecule has 4 amide bonds. The van der Waals surface area contributed by atoms with Gasteiger partial charge in [0.15, 0.2) is 0 Å². The van der Waals surface area contributed by atoms with E-state index in [4.69, 9.17) is 0 Å². The van der Waals surface area contributed by atoms with Crippen LogP contribution in [0.4, 0.5) is 4.79 Å². The summed E-state index contributed by atoms with van der Waals surface area (Å²) in [5, 5.41) is 6.54. The smallest absolute Gasteiger partial charge is 0.334 e. The van der Waals surface area contributed by atoms with Gasteiger partial charge in [-0.05, 0) is 28.7 Å². The molecule has 2 aliphatic heterocycles. The Kier molecular flexibility index (Phi) is 9.74. The number of hydrogen-bond donors (Lipinski definition) is 1. The van der Waals surface area contributed by atoms with Crippen molar-refractivity contribution < 1.29 is 14.4 Å². The molecule has 8 nitrogen and oxygen atoms in total. The Bertz CT molecular complexity index is 1560. The zero-order chi connectivity index (χ0) is 31.9. The summed E-state index contributed by atoms with van der Waals surface area (Å²) in [5.41, 5.74) is 4.33. The van der Waals surface area contributed by atoms with E-state index >= 15 is 0 Å². The highest BCUT2D eigenvalue weighted by molar-refractivity contribution is 5.91. The summed E-state index contributed by atoms with van der Waals surface area (Å²) in [6, 6.07) is 39.3. The van der Waals surface area contributed by atoms with Crippen molar-refractivity contribution in [3.63, 3.8) is 0 Å². The van der Waals surface area contributed by atoms with Gasteiger partial charge in [0, 0.05) is 32.0 Å². The first-order chi connectivity index (χ1) is 22.5. The number of rotatable bonds is 10. The maximum Gasteiger partial charge on any atom is 0.334 e. The fourth-order valence-electron chi connectivity index (χ4n) is 6.74. The second-order valence-electron chi connectivity index (χ2n) is 11.9. The lowest BCUT2D eigenvalue weighted by Gasteiger charge is -2.55. The summed E-state index contributed by atoms with van der Waals surface area (Å²) in [6.07, 6.45) is 0.455. The summed E-state index contributed by atoms with van der Waals surface area (Å²) in [7, 11) is 0. The van der Waals surface area contributed by atoms with Gasteiger partial charge in [0.2, 0.25) is 11.8 Å². The van der Waals surface area contributed by atoms with E-state index in [-0.39, 0.29) is 36.9 Å². The molecule has 0 aliphatic carbocycles. The SMILES string of the molecule is CCN1CC(=O)N2[C@@H](Cc3ccccc3)C(=O)N(CCC(c3ccccc3)c3ccccc3)C[C@@H]2N1C(=O)NCc1ccccc1. The van der Waals surface area contributed by atoms with Gasteiger partial charge < -0.3 is 15.1 Å². The Morgan fingerprint density at radius 3 is 1.89 bits per heavy atom. The summed E-state index contributed by atoms with van der Waals surface area (Å²) < 4.78 is 0. The Morgan fingerprint density at radius 2 is 1.33 bits per heavy atom. The molecular weight excluding hydrogens is 574 g/mol. The first-order valence-corrected chi connectivity index (χ1v) is 16.1. The third-order valence-electron chi connectivity index (χ3n) is 9.05. The van der Waals surface area contributed by atoms with Crippen molar-refractivity contribution in [3.05, 3.63) is 144 Å². The van der Waals surface area contributed by atoms with Crippen LogP contribution in [0.15, 0.2) is 121 Å². The van der Waals surface area contributed by atoms with E-state index in [1.807, 2.05) is 109 Å². The van der Waals surface area contributed by atoms with Crippen LogP contribution in [0.3, 0.4) is 0 Å². The number of hydrazine groups is 1. The summed E-state index contributed by atoms with van der Waals surface area (Å²) in [5.74, 6) is -0.131. The largest absolute Gasteiger partial charge is 0.337 e. The van der Waals surface area contributed by atoms with Gasteiger partial charge in [0.1, 0.15) is 12.2 Å². The lowest BCUT2D eigenvalue weighted by atomic mass is 9.88. The number of amides is 4. The highest BCUT2D eigenvalue weighted by Gasteiger charge is 2.51. The number of likely N-dealkylation sites (N-methyl/N-ethyl adjacent to an activating group) is 1. The third-order valence-corrected chi connectivity index (χ3v) is 9.05. The number of nitrogens with zero attached hydrogens (tertiary/aromatic N) is 4. The standard InChI is InChI=1S/C38H41N5O3/c1-2-41-28-36(44)42-34(25-29-15-7-3-8-16-29)37(45)40(27-35(42)43(41)38(46)39-26-30-17-9-4-10-18-30)24-23-33(31-19-11-5-12-20-31)32-21-13-6-14-22-32/h3-22,33-35H,2,23-28H2,1H3,(H,39,46)/t34-,35-/m0/s1. The molecule has 0 saturated carbocycles. The second-order valence-corrected chi connectivity index (χ2v) is 11.9. The third kappa shape index (κ3) is 6.82. The summed E-state index contributed by atoms with van der Waals surface area (Å²) >= 11 is 0. The minimum Gasteiger partial charge on any atom is -0.337 e. The quantitative estimate of drug-likeness (QED) is 0.264. The summed E-state index contributed by atoms with van der Waals surface area (Å²) in [6.45, 7) is 3.55. The molecule has 2 atom stereocenters.